The average Bonchev–Trinajstić information content (AvgIpc) is 2.95. The third-order valence-electron chi connectivity index (χ3n) is 6.97. The van der Waals surface area contributed by atoms with Gasteiger partial charge in [-0.25, -0.2) is 0 Å². The topological polar surface area (TPSA) is 0 Å². The second-order valence-electron chi connectivity index (χ2n) is 12.3. The van der Waals surface area contributed by atoms with Crippen LogP contribution in [0.1, 0.15) is 79.0 Å². The molecule has 4 aromatic carbocycles. The molecular weight excluding hydrogens is 360 g/mol. The van der Waals surface area contributed by atoms with E-state index in [1.54, 1.807) is 0 Å². The maximum Gasteiger partial charge on any atom is -0.00111 e. The lowest BCUT2D eigenvalue weighted by atomic mass is 9.77. The molecule has 0 heterocycles. The molecule has 0 fully saturated rings. The van der Waals surface area contributed by atoms with Gasteiger partial charge in [-0.05, 0) is 82.4 Å². The van der Waals surface area contributed by atoms with E-state index in [1.165, 1.54) is 60.1 Å². The normalized spacial score (nSPS) is 14.2. The third kappa shape index (κ3) is 2.52. The highest BCUT2D eigenvalue weighted by atomic mass is 14.3. The second kappa shape index (κ2) is 5.67. The summed E-state index contributed by atoms with van der Waals surface area (Å²) in [6.07, 6.45) is 0. The summed E-state index contributed by atoms with van der Waals surface area (Å²) in [5.74, 6) is 0. The van der Waals surface area contributed by atoms with Gasteiger partial charge in [0.2, 0.25) is 0 Å². The molecule has 0 nitrogen and oxygen atoms in total. The fourth-order valence-electron chi connectivity index (χ4n) is 5.57. The first-order valence-corrected chi connectivity index (χ1v) is 11.3. The minimum atomic E-state index is 0.0947. The van der Waals surface area contributed by atoms with Crippen molar-refractivity contribution in [2.24, 2.45) is 0 Å². The maximum atomic E-state index is 2.50. The molecule has 4 aromatic rings. The lowest BCUT2D eigenvalue weighted by molar-refractivity contribution is 0.591. The van der Waals surface area contributed by atoms with Crippen LogP contribution in [0.4, 0.5) is 0 Å². The van der Waals surface area contributed by atoms with Crippen molar-refractivity contribution in [2.75, 3.05) is 0 Å². The summed E-state index contributed by atoms with van der Waals surface area (Å²) in [7, 11) is 0. The first-order chi connectivity index (χ1) is 13.8. The standard InChI is InChI=1S/C30H34/c1-28(2,3)22-14-12-17-18-13-15-23(29(4,5)6)21-16-24(30(7,8)9)20-11-10-19(22)25(17)27(20)26(18)21/h10-16H,1-9H3. The van der Waals surface area contributed by atoms with E-state index < -0.39 is 0 Å². The van der Waals surface area contributed by atoms with Crippen LogP contribution in [0, 0.1) is 0 Å². The van der Waals surface area contributed by atoms with Gasteiger partial charge in [-0.2, -0.15) is 0 Å². The Hall–Kier alpha value is -2.34. The molecule has 0 N–H and O–H groups in total. The Labute approximate surface area is 181 Å². The quantitative estimate of drug-likeness (QED) is 0.230. The highest BCUT2D eigenvalue weighted by Gasteiger charge is 2.30. The molecule has 1 aliphatic carbocycles. The zero-order valence-electron chi connectivity index (χ0n) is 20.0. The van der Waals surface area contributed by atoms with E-state index in [0.29, 0.717) is 0 Å². The maximum absolute atomic E-state index is 2.50. The predicted molar refractivity (Wildman–Crippen MR) is 134 cm³/mol. The lowest BCUT2D eigenvalue weighted by Gasteiger charge is -2.27. The van der Waals surface area contributed by atoms with Crippen LogP contribution in [-0.2, 0) is 16.2 Å². The minimum absolute atomic E-state index is 0.0947. The van der Waals surface area contributed by atoms with Crippen LogP contribution in [0.2, 0.25) is 0 Å². The molecule has 0 saturated heterocycles. The summed E-state index contributed by atoms with van der Waals surface area (Å²) in [6.45, 7) is 21.1. The van der Waals surface area contributed by atoms with Gasteiger partial charge in [0.25, 0.3) is 0 Å². The van der Waals surface area contributed by atoms with E-state index in [0.717, 1.165) is 0 Å². The van der Waals surface area contributed by atoms with Gasteiger partial charge in [0, 0.05) is 0 Å². The summed E-state index contributed by atoms with van der Waals surface area (Å²) < 4.78 is 0. The van der Waals surface area contributed by atoms with E-state index >= 15 is 0 Å². The second-order valence-corrected chi connectivity index (χ2v) is 12.3. The van der Waals surface area contributed by atoms with Crippen molar-refractivity contribution in [3.63, 3.8) is 0 Å². The monoisotopic (exact) mass is 394 g/mol. The Morgan fingerprint density at radius 1 is 0.400 bits per heavy atom. The van der Waals surface area contributed by atoms with Gasteiger partial charge in [0.1, 0.15) is 0 Å². The van der Waals surface area contributed by atoms with E-state index in [9.17, 15) is 0 Å². The molecule has 0 aromatic heterocycles. The zero-order chi connectivity index (χ0) is 21.8. The molecule has 30 heavy (non-hydrogen) atoms. The first kappa shape index (κ1) is 19.6. The van der Waals surface area contributed by atoms with Gasteiger partial charge < -0.3 is 0 Å². The van der Waals surface area contributed by atoms with Gasteiger partial charge in [-0.3, -0.25) is 0 Å². The smallest absolute Gasteiger partial charge is 0.00111 e. The fourth-order valence-corrected chi connectivity index (χ4v) is 5.57. The average molecular weight is 395 g/mol. The van der Waals surface area contributed by atoms with E-state index in [-0.39, 0.29) is 16.2 Å². The van der Waals surface area contributed by atoms with Crippen molar-refractivity contribution < 1.29 is 0 Å². The number of hydrogen-bond donors (Lipinski definition) is 0. The van der Waals surface area contributed by atoms with E-state index in [1.807, 2.05) is 0 Å². The van der Waals surface area contributed by atoms with Gasteiger partial charge in [-0.15, -0.1) is 0 Å². The SMILES string of the molecule is CC(C)(C)c1ccc2c3c1ccc1c(C(C)(C)C)cc4c(C(C)(C)C)ccc-2c4c13. The molecular formula is C30H34. The Morgan fingerprint density at radius 3 is 1.27 bits per heavy atom. The fraction of sp³-hybridized carbons (Fsp3) is 0.400. The van der Waals surface area contributed by atoms with Crippen molar-refractivity contribution in [1.29, 1.82) is 0 Å². The molecule has 154 valence electrons. The highest BCUT2D eigenvalue weighted by Crippen LogP contribution is 2.52. The highest BCUT2D eigenvalue weighted by molar-refractivity contribution is 6.34. The summed E-state index contributed by atoms with van der Waals surface area (Å²) in [5, 5.41) is 8.72. The zero-order valence-corrected chi connectivity index (χ0v) is 20.0. The Balaban J connectivity index is 2.10. The van der Waals surface area contributed by atoms with Gasteiger partial charge in [-0.1, -0.05) is 98.7 Å². The molecule has 0 heteroatoms. The minimum Gasteiger partial charge on any atom is -0.0572 e. The van der Waals surface area contributed by atoms with Gasteiger partial charge in [0.15, 0.2) is 0 Å². The molecule has 0 aliphatic heterocycles. The predicted octanol–water partition coefficient (Wildman–Crippen LogP) is 9.02. The first-order valence-electron chi connectivity index (χ1n) is 11.3. The van der Waals surface area contributed by atoms with Gasteiger partial charge >= 0.3 is 0 Å². The summed E-state index contributed by atoms with van der Waals surface area (Å²) >= 11 is 0. The molecule has 0 radical (unpaired) electrons. The molecule has 0 saturated carbocycles. The number of hydrogen-bond acceptors (Lipinski definition) is 0. The molecule has 0 unspecified atom stereocenters. The van der Waals surface area contributed by atoms with Crippen molar-refractivity contribution in [3.8, 4) is 11.1 Å². The molecule has 0 atom stereocenters. The van der Waals surface area contributed by atoms with E-state index in [4.69, 9.17) is 0 Å². The molecule has 0 spiro atoms. The molecule has 0 bridgehead atoms. The lowest BCUT2D eigenvalue weighted by Crippen LogP contribution is -2.14. The van der Waals surface area contributed by atoms with Crippen molar-refractivity contribution in [1.82, 2.24) is 0 Å². The number of rotatable bonds is 0. The molecule has 5 rings (SSSR count). The van der Waals surface area contributed by atoms with Crippen LogP contribution in [-0.4, -0.2) is 0 Å². The number of benzene rings is 4. The van der Waals surface area contributed by atoms with E-state index in [2.05, 4.69) is 105 Å². The Kier molecular flexibility index (Phi) is 3.70. The van der Waals surface area contributed by atoms with Crippen LogP contribution < -0.4 is 0 Å². The van der Waals surface area contributed by atoms with Crippen LogP contribution in [0.15, 0.2) is 42.5 Å². The van der Waals surface area contributed by atoms with Crippen molar-refractivity contribution in [3.05, 3.63) is 59.2 Å². The Morgan fingerprint density at radius 2 is 0.800 bits per heavy atom. The molecule has 1 aliphatic rings. The largest absolute Gasteiger partial charge is 0.0572 e. The van der Waals surface area contributed by atoms with Crippen molar-refractivity contribution in [2.45, 2.75) is 78.6 Å². The third-order valence-corrected chi connectivity index (χ3v) is 6.97. The van der Waals surface area contributed by atoms with Crippen molar-refractivity contribution >= 4 is 32.3 Å². The van der Waals surface area contributed by atoms with Gasteiger partial charge in [0.05, 0.1) is 0 Å². The number of fused-ring (bicyclic) bond motifs is 1. The van der Waals surface area contributed by atoms with Crippen LogP contribution >= 0.6 is 0 Å². The molecule has 0 amide bonds. The summed E-state index contributed by atoms with van der Waals surface area (Å²) in [4.78, 5) is 0. The van der Waals surface area contributed by atoms with Crippen LogP contribution in [0.3, 0.4) is 0 Å². The summed E-state index contributed by atoms with van der Waals surface area (Å²) in [6, 6.07) is 16.8. The Bertz CT molecular complexity index is 1340. The van der Waals surface area contributed by atoms with Crippen LogP contribution in [0.5, 0.6) is 0 Å². The summed E-state index contributed by atoms with van der Waals surface area (Å²) in [5.41, 5.74) is 7.51. The van der Waals surface area contributed by atoms with Crippen LogP contribution in [0.25, 0.3) is 43.4 Å².